The molecule has 0 radical (unpaired) electrons. The predicted molar refractivity (Wildman–Crippen MR) is 114 cm³/mol. The first-order valence-corrected chi connectivity index (χ1v) is 10.4. The number of hydrogen-bond donors (Lipinski definition) is 0. The van der Waals surface area contributed by atoms with Gasteiger partial charge in [0.2, 0.25) is 5.91 Å². The Balaban J connectivity index is 1.49. The molecular formula is C23H21N5O2. The zero-order valence-corrected chi connectivity index (χ0v) is 16.7. The van der Waals surface area contributed by atoms with Crippen LogP contribution >= 0.6 is 0 Å². The Hall–Kier alpha value is -3.48. The van der Waals surface area contributed by atoms with Gasteiger partial charge in [-0.05, 0) is 49.9 Å². The Kier molecular flexibility index (Phi) is 3.63. The van der Waals surface area contributed by atoms with Crippen LogP contribution in [-0.2, 0) is 17.8 Å². The van der Waals surface area contributed by atoms with Crippen LogP contribution in [0.2, 0.25) is 0 Å². The summed E-state index contributed by atoms with van der Waals surface area (Å²) in [6.07, 6.45) is 2.97. The van der Waals surface area contributed by atoms with Gasteiger partial charge in [-0.3, -0.25) is 9.36 Å². The van der Waals surface area contributed by atoms with Crippen molar-refractivity contribution in [1.82, 2.24) is 19.2 Å². The van der Waals surface area contributed by atoms with Gasteiger partial charge in [-0.25, -0.2) is 9.78 Å². The number of carbonyl (C=O) groups is 1. The minimum Gasteiger partial charge on any atom is -0.310 e. The van der Waals surface area contributed by atoms with Gasteiger partial charge in [0.1, 0.15) is 6.54 Å². The lowest BCUT2D eigenvalue weighted by molar-refractivity contribution is -0.119. The summed E-state index contributed by atoms with van der Waals surface area (Å²) in [5.41, 5.74) is 4.16. The molecule has 2 aromatic carbocycles. The van der Waals surface area contributed by atoms with Crippen molar-refractivity contribution < 1.29 is 4.79 Å². The van der Waals surface area contributed by atoms with Crippen LogP contribution in [0.15, 0.2) is 47.3 Å². The second-order valence-electron chi connectivity index (χ2n) is 8.29. The highest BCUT2D eigenvalue weighted by molar-refractivity contribution is 5.97. The summed E-state index contributed by atoms with van der Waals surface area (Å²) in [7, 11) is 0. The average Bonchev–Trinajstić information content (AvgIpc) is 3.34. The number of rotatable bonds is 3. The van der Waals surface area contributed by atoms with Crippen molar-refractivity contribution in [3.63, 3.8) is 0 Å². The third-order valence-electron chi connectivity index (χ3n) is 6.14. The lowest BCUT2D eigenvalue weighted by atomic mass is 10.1. The molecule has 4 aromatic rings. The summed E-state index contributed by atoms with van der Waals surface area (Å²) in [4.78, 5) is 33.0. The molecule has 0 saturated heterocycles. The third-order valence-corrected chi connectivity index (χ3v) is 6.14. The summed E-state index contributed by atoms with van der Waals surface area (Å²) >= 11 is 0. The van der Waals surface area contributed by atoms with Crippen LogP contribution < -0.4 is 10.6 Å². The molecule has 150 valence electrons. The first-order chi connectivity index (χ1) is 14.6. The standard InChI is InChI=1S/C23H21N5O2/c1-14-6-9-19-17(12-14)22-24-21(16-7-8-16)25-28(22)23(30)27(19)13-20(29)26-11-10-15-4-2-3-5-18(15)26/h2-6,9,12,16H,7-8,10-11,13H2,1H3. The molecule has 1 fully saturated rings. The van der Waals surface area contributed by atoms with E-state index in [1.165, 1.54) is 14.6 Å². The highest BCUT2D eigenvalue weighted by Crippen LogP contribution is 2.38. The monoisotopic (exact) mass is 399 g/mol. The smallest absolute Gasteiger partial charge is 0.310 e. The van der Waals surface area contributed by atoms with E-state index in [9.17, 15) is 9.59 Å². The van der Waals surface area contributed by atoms with Crippen molar-refractivity contribution in [1.29, 1.82) is 0 Å². The highest BCUT2D eigenvalue weighted by atomic mass is 16.2. The Morgan fingerprint density at radius 3 is 2.83 bits per heavy atom. The van der Waals surface area contributed by atoms with Gasteiger partial charge in [-0.15, -0.1) is 5.10 Å². The third kappa shape index (κ3) is 2.58. The van der Waals surface area contributed by atoms with Crippen molar-refractivity contribution in [2.24, 2.45) is 0 Å². The van der Waals surface area contributed by atoms with E-state index in [4.69, 9.17) is 0 Å². The van der Waals surface area contributed by atoms with Crippen molar-refractivity contribution in [2.45, 2.75) is 38.6 Å². The van der Waals surface area contributed by atoms with E-state index in [2.05, 4.69) is 10.1 Å². The second-order valence-corrected chi connectivity index (χ2v) is 8.29. The van der Waals surface area contributed by atoms with Crippen molar-refractivity contribution in [2.75, 3.05) is 11.4 Å². The molecule has 0 bridgehead atoms. The molecule has 30 heavy (non-hydrogen) atoms. The number of carbonyl (C=O) groups excluding carboxylic acids is 1. The first-order valence-electron chi connectivity index (χ1n) is 10.4. The largest absolute Gasteiger partial charge is 0.351 e. The molecule has 1 amide bonds. The first kappa shape index (κ1) is 17.4. The van der Waals surface area contributed by atoms with E-state index >= 15 is 0 Å². The number of hydrogen-bond acceptors (Lipinski definition) is 4. The second kappa shape index (κ2) is 6.26. The Labute approximate surface area is 172 Å². The van der Waals surface area contributed by atoms with Crippen molar-refractivity contribution >= 4 is 28.1 Å². The van der Waals surface area contributed by atoms with Crippen LogP contribution in [0.25, 0.3) is 16.6 Å². The lowest BCUT2D eigenvalue weighted by Crippen LogP contribution is -2.37. The number of fused-ring (bicyclic) bond motifs is 4. The molecule has 0 spiro atoms. The maximum absolute atomic E-state index is 13.3. The number of anilines is 1. The highest BCUT2D eigenvalue weighted by Gasteiger charge is 2.30. The van der Waals surface area contributed by atoms with Crippen LogP contribution in [0.5, 0.6) is 0 Å². The van der Waals surface area contributed by atoms with Crippen LogP contribution in [0, 0.1) is 6.92 Å². The van der Waals surface area contributed by atoms with Gasteiger partial charge >= 0.3 is 5.69 Å². The average molecular weight is 399 g/mol. The van der Waals surface area contributed by atoms with E-state index in [1.807, 2.05) is 49.4 Å². The van der Waals surface area contributed by atoms with Crippen LogP contribution in [0.3, 0.4) is 0 Å². The predicted octanol–water partition coefficient (Wildman–Crippen LogP) is 2.82. The molecule has 2 aliphatic rings. The van der Waals surface area contributed by atoms with Crippen molar-refractivity contribution in [3.8, 4) is 0 Å². The number of aromatic nitrogens is 4. The minimum absolute atomic E-state index is 0.0265. The number of nitrogens with zero attached hydrogens (tertiary/aromatic N) is 5. The van der Waals surface area contributed by atoms with Gasteiger partial charge in [0, 0.05) is 23.5 Å². The fraction of sp³-hybridized carbons (Fsp3) is 0.304. The van der Waals surface area contributed by atoms with Gasteiger partial charge in [0.15, 0.2) is 11.5 Å². The van der Waals surface area contributed by atoms with E-state index in [0.717, 1.165) is 41.7 Å². The zero-order chi connectivity index (χ0) is 20.4. The molecule has 3 heterocycles. The quantitative estimate of drug-likeness (QED) is 0.531. The fourth-order valence-electron chi connectivity index (χ4n) is 4.40. The Morgan fingerprint density at radius 2 is 2.00 bits per heavy atom. The summed E-state index contributed by atoms with van der Waals surface area (Å²) in [6, 6.07) is 13.8. The lowest BCUT2D eigenvalue weighted by Gasteiger charge is -2.19. The van der Waals surface area contributed by atoms with E-state index in [1.54, 1.807) is 4.90 Å². The summed E-state index contributed by atoms with van der Waals surface area (Å²) in [5, 5.41) is 5.35. The maximum atomic E-state index is 13.3. The minimum atomic E-state index is -0.318. The number of para-hydroxylation sites is 1. The number of aryl methyl sites for hydroxylation is 1. The van der Waals surface area contributed by atoms with Gasteiger partial charge in [-0.1, -0.05) is 29.8 Å². The zero-order valence-electron chi connectivity index (χ0n) is 16.7. The molecule has 1 saturated carbocycles. The van der Waals surface area contributed by atoms with Gasteiger partial charge in [-0.2, -0.15) is 4.52 Å². The normalized spacial score (nSPS) is 15.8. The van der Waals surface area contributed by atoms with Crippen molar-refractivity contribution in [3.05, 3.63) is 69.9 Å². The molecule has 1 aliphatic heterocycles. The molecule has 0 unspecified atom stereocenters. The number of amides is 1. The molecule has 6 rings (SSSR count). The van der Waals surface area contributed by atoms with Gasteiger partial charge in [0.25, 0.3) is 0 Å². The molecular weight excluding hydrogens is 378 g/mol. The van der Waals surface area contributed by atoms with Gasteiger partial charge < -0.3 is 4.90 Å². The number of benzene rings is 2. The summed E-state index contributed by atoms with van der Waals surface area (Å²) in [5.74, 6) is 0.985. The van der Waals surface area contributed by atoms with Crippen LogP contribution in [-0.4, -0.2) is 31.6 Å². The SMILES string of the molecule is Cc1ccc2c(c1)c1nc(C3CC3)nn1c(=O)n2CC(=O)N1CCc2ccccc21. The molecule has 7 nitrogen and oxygen atoms in total. The maximum Gasteiger partial charge on any atom is 0.351 e. The molecule has 7 heteroatoms. The fourth-order valence-corrected chi connectivity index (χ4v) is 4.40. The van der Waals surface area contributed by atoms with Crippen LogP contribution in [0.1, 0.15) is 35.7 Å². The molecule has 0 N–H and O–H groups in total. The van der Waals surface area contributed by atoms with Gasteiger partial charge in [0.05, 0.1) is 5.52 Å². The van der Waals surface area contributed by atoms with Crippen LogP contribution in [0.4, 0.5) is 5.69 Å². The van der Waals surface area contributed by atoms with E-state index < -0.39 is 0 Å². The Bertz CT molecular complexity index is 1400. The summed E-state index contributed by atoms with van der Waals surface area (Å²) < 4.78 is 2.91. The summed E-state index contributed by atoms with van der Waals surface area (Å²) in [6.45, 7) is 2.62. The Morgan fingerprint density at radius 1 is 1.17 bits per heavy atom. The topological polar surface area (TPSA) is 72.5 Å². The van der Waals surface area contributed by atoms with E-state index in [-0.39, 0.29) is 18.1 Å². The molecule has 0 atom stereocenters. The van der Waals surface area contributed by atoms with E-state index in [0.29, 0.717) is 23.6 Å². The molecule has 1 aliphatic carbocycles. The molecule has 2 aromatic heterocycles.